The summed E-state index contributed by atoms with van der Waals surface area (Å²) in [5, 5.41) is 16.2. The predicted octanol–water partition coefficient (Wildman–Crippen LogP) is 2.57. The number of aliphatic hydroxyl groups excluding tert-OH is 1. The second-order valence-corrected chi connectivity index (χ2v) is 8.58. The molecule has 8 nitrogen and oxygen atoms in total. The summed E-state index contributed by atoms with van der Waals surface area (Å²) < 4.78 is 5.10. The molecule has 1 amide bonds. The van der Waals surface area contributed by atoms with Gasteiger partial charge in [-0.15, -0.1) is 0 Å². The number of carbonyl (C=O) groups is 1. The highest BCUT2D eigenvalue weighted by Gasteiger charge is 2.24. The largest absolute Gasteiger partial charge is 0.450 e. The number of aliphatic imine (C=N–C) groups is 1. The molecule has 0 aromatic heterocycles. The fraction of sp³-hybridized carbons (Fsp3) is 0.667. The van der Waals surface area contributed by atoms with Crippen molar-refractivity contribution in [3.63, 3.8) is 0 Å². The Morgan fingerprint density at radius 1 is 1.09 bits per heavy atom. The lowest BCUT2D eigenvalue weighted by Gasteiger charge is -2.33. The van der Waals surface area contributed by atoms with Gasteiger partial charge in [0.1, 0.15) is 0 Å². The van der Waals surface area contributed by atoms with Gasteiger partial charge in [-0.25, -0.2) is 9.79 Å². The zero-order valence-electron chi connectivity index (χ0n) is 19.6. The van der Waals surface area contributed by atoms with Crippen LogP contribution in [0.25, 0.3) is 0 Å². The van der Waals surface area contributed by atoms with Crippen molar-refractivity contribution < 1.29 is 14.6 Å². The third-order valence-electron chi connectivity index (χ3n) is 6.30. The molecule has 0 radical (unpaired) electrons. The highest BCUT2D eigenvalue weighted by molar-refractivity contribution is 5.80. The summed E-state index contributed by atoms with van der Waals surface area (Å²) in [5.41, 5.74) is 2.42. The first-order valence-electron chi connectivity index (χ1n) is 12.0. The zero-order chi connectivity index (χ0) is 22.8. The van der Waals surface area contributed by atoms with E-state index in [9.17, 15) is 9.90 Å². The number of guanidine groups is 1. The van der Waals surface area contributed by atoms with Crippen molar-refractivity contribution in [2.24, 2.45) is 10.9 Å². The van der Waals surface area contributed by atoms with Crippen LogP contribution in [-0.2, 0) is 11.3 Å². The maximum atomic E-state index is 11.9. The van der Waals surface area contributed by atoms with Crippen molar-refractivity contribution in [1.29, 1.82) is 0 Å². The third kappa shape index (κ3) is 7.02. The fourth-order valence-corrected chi connectivity index (χ4v) is 4.29. The minimum absolute atomic E-state index is 0.215. The number of nitrogens with zero attached hydrogens (tertiary/aromatic N) is 3. The number of benzene rings is 1. The van der Waals surface area contributed by atoms with Crippen LogP contribution in [-0.4, -0.2) is 74.0 Å². The molecule has 0 bridgehead atoms. The summed E-state index contributed by atoms with van der Waals surface area (Å²) in [4.78, 5) is 20.8. The molecule has 0 saturated carbocycles. The number of hydrogen-bond acceptors (Lipinski definition) is 5. The molecule has 32 heavy (non-hydrogen) atoms. The van der Waals surface area contributed by atoms with Crippen LogP contribution in [0.1, 0.15) is 45.1 Å². The Morgan fingerprint density at radius 2 is 1.78 bits per heavy atom. The molecule has 0 spiro atoms. The van der Waals surface area contributed by atoms with Crippen molar-refractivity contribution >= 4 is 17.7 Å². The zero-order valence-corrected chi connectivity index (χ0v) is 19.6. The molecule has 3 rings (SSSR count). The summed E-state index contributed by atoms with van der Waals surface area (Å²) in [6, 6.07) is 8.95. The normalized spacial score (nSPS) is 18.5. The Kier molecular flexibility index (Phi) is 9.46. The van der Waals surface area contributed by atoms with Crippen LogP contribution in [0.3, 0.4) is 0 Å². The lowest BCUT2D eigenvalue weighted by molar-refractivity contribution is 0.0963. The van der Waals surface area contributed by atoms with Crippen LogP contribution in [0, 0.1) is 5.92 Å². The van der Waals surface area contributed by atoms with E-state index in [-0.39, 0.29) is 6.09 Å². The van der Waals surface area contributed by atoms with Crippen LogP contribution < -0.4 is 15.5 Å². The van der Waals surface area contributed by atoms with Crippen LogP contribution in [0.5, 0.6) is 0 Å². The molecule has 0 aliphatic carbocycles. The summed E-state index contributed by atoms with van der Waals surface area (Å²) in [6.07, 6.45) is 3.65. The van der Waals surface area contributed by atoms with Crippen molar-refractivity contribution in [1.82, 2.24) is 15.5 Å². The third-order valence-corrected chi connectivity index (χ3v) is 6.30. The highest BCUT2D eigenvalue weighted by atomic mass is 16.6. The van der Waals surface area contributed by atoms with Crippen molar-refractivity contribution in [2.45, 2.75) is 52.1 Å². The molecule has 2 aliphatic heterocycles. The first kappa shape index (κ1) is 24.2. The van der Waals surface area contributed by atoms with Crippen molar-refractivity contribution in [3.05, 3.63) is 29.8 Å². The number of aliphatic hydroxyl groups is 1. The van der Waals surface area contributed by atoms with E-state index in [2.05, 4.69) is 46.7 Å². The number of piperidine rings is 2. The predicted molar refractivity (Wildman–Crippen MR) is 128 cm³/mol. The fourth-order valence-electron chi connectivity index (χ4n) is 4.29. The first-order chi connectivity index (χ1) is 15.6. The van der Waals surface area contributed by atoms with Gasteiger partial charge in [-0.2, -0.15) is 0 Å². The molecule has 2 heterocycles. The number of carbonyl (C=O) groups excluding carboxylic acids is 1. The van der Waals surface area contributed by atoms with Crippen LogP contribution >= 0.6 is 0 Å². The number of likely N-dealkylation sites (tertiary alicyclic amines) is 1. The molecule has 8 heteroatoms. The molecular formula is C24H39N5O3. The van der Waals surface area contributed by atoms with Gasteiger partial charge in [-0.05, 0) is 63.1 Å². The van der Waals surface area contributed by atoms with Gasteiger partial charge >= 0.3 is 6.09 Å². The first-order valence-corrected chi connectivity index (χ1v) is 12.0. The number of ether oxygens (including phenoxy) is 1. The maximum absolute atomic E-state index is 11.9. The molecule has 0 unspecified atom stereocenters. The summed E-state index contributed by atoms with van der Waals surface area (Å²) in [5.74, 6) is 1.27. The van der Waals surface area contributed by atoms with E-state index in [0.717, 1.165) is 51.3 Å². The lowest BCUT2D eigenvalue weighted by Crippen LogP contribution is -2.49. The number of nitrogens with one attached hydrogen (secondary N) is 2. The van der Waals surface area contributed by atoms with Gasteiger partial charge in [0.25, 0.3) is 0 Å². The lowest BCUT2D eigenvalue weighted by atomic mass is 9.97. The van der Waals surface area contributed by atoms with E-state index in [1.165, 1.54) is 11.3 Å². The Labute approximate surface area is 192 Å². The molecule has 178 valence electrons. The van der Waals surface area contributed by atoms with Gasteiger partial charge in [0.2, 0.25) is 0 Å². The van der Waals surface area contributed by atoms with E-state index in [0.29, 0.717) is 44.8 Å². The second-order valence-electron chi connectivity index (χ2n) is 8.58. The van der Waals surface area contributed by atoms with E-state index in [1.54, 1.807) is 4.90 Å². The molecule has 2 aliphatic rings. The number of rotatable bonds is 7. The summed E-state index contributed by atoms with van der Waals surface area (Å²) >= 11 is 0. The van der Waals surface area contributed by atoms with Crippen LogP contribution in [0.15, 0.2) is 29.3 Å². The van der Waals surface area contributed by atoms with Gasteiger partial charge in [-0.3, -0.25) is 0 Å². The molecule has 0 atom stereocenters. The second kappa shape index (κ2) is 12.5. The van der Waals surface area contributed by atoms with Crippen molar-refractivity contribution in [2.75, 3.05) is 50.8 Å². The number of hydrogen-bond donors (Lipinski definition) is 3. The number of amides is 1. The van der Waals surface area contributed by atoms with Crippen LogP contribution in [0.2, 0.25) is 0 Å². The van der Waals surface area contributed by atoms with Gasteiger partial charge < -0.3 is 30.3 Å². The number of anilines is 1. The Hall–Kier alpha value is -2.48. The van der Waals surface area contributed by atoms with Gasteiger partial charge in [0.05, 0.1) is 13.2 Å². The molecular weight excluding hydrogens is 406 g/mol. The van der Waals surface area contributed by atoms with Gasteiger partial charge in [0, 0.05) is 51.1 Å². The highest BCUT2D eigenvalue weighted by Crippen LogP contribution is 2.23. The van der Waals surface area contributed by atoms with E-state index in [4.69, 9.17) is 9.73 Å². The van der Waals surface area contributed by atoms with Crippen molar-refractivity contribution in [3.8, 4) is 0 Å². The molecule has 2 saturated heterocycles. The summed E-state index contributed by atoms with van der Waals surface area (Å²) in [7, 11) is 0. The SMILES string of the molecule is CCNC(=NCc1ccc(N2CCC(CO)CC2)cc1)NC1CCN(C(=O)OCC)CC1. The quantitative estimate of drug-likeness (QED) is 0.442. The van der Waals surface area contributed by atoms with Gasteiger partial charge in [0.15, 0.2) is 5.96 Å². The Balaban J connectivity index is 1.49. The average molecular weight is 446 g/mol. The Bertz CT molecular complexity index is 724. The minimum Gasteiger partial charge on any atom is -0.450 e. The van der Waals surface area contributed by atoms with E-state index in [1.807, 2.05) is 6.92 Å². The van der Waals surface area contributed by atoms with E-state index >= 15 is 0 Å². The maximum Gasteiger partial charge on any atom is 0.409 e. The molecule has 3 N–H and O–H groups in total. The van der Waals surface area contributed by atoms with Crippen LogP contribution in [0.4, 0.5) is 10.5 Å². The van der Waals surface area contributed by atoms with Gasteiger partial charge in [-0.1, -0.05) is 12.1 Å². The Morgan fingerprint density at radius 3 is 2.38 bits per heavy atom. The molecule has 2 fully saturated rings. The summed E-state index contributed by atoms with van der Waals surface area (Å²) in [6.45, 7) is 9.45. The molecule has 1 aromatic carbocycles. The molecule has 1 aromatic rings. The topological polar surface area (TPSA) is 89.4 Å². The minimum atomic E-state index is -0.215. The standard InChI is InChI=1S/C24H39N5O3/c1-3-25-23(27-21-11-15-29(16-12-21)24(31)32-4-2)26-17-19-5-7-22(8-6-19)28-13-9-20(18-30)10-14-28/h5-8,20-21,30H,3-4,9-18H2,1-2H3,(H2,25,26,27). The van der Waals surface area contributed by atoms with E-state index < -0.39 is 0 Å². The average Bonchev–Trinajstić information content (AvgIpc) is 2.84. The smallest absolute Gasteiger partial charge is 0.409 e. The monoisotopic (exact) mass is 445 g/mol.